The molecule has 22 heavy (non-hydrogen) atoms. The molecule has 2 rings (SSSR count). The maximum atomic E-state index is 12.2. The SMILES string of the molecule is C[C@H]1[C@@H](NC(=O)CN(C)Cc2ccc(Cl)cc2)CCC[C@@H]1C. The van der Waals surface area contributed by atoms with E-state index in [0.29, 0.717) is 24.4 Å². The van der Waals surface area contributed by atoms with Gasteiger partial charge in [0.25, 0.3) is 0 Å². The van der Waals surface area contributed by atoms with Crippen LogP contribution in [-0.4, -0.2) is 30.4 Å². The molecule has 0 radical (unpaired) electrons. The number of rotatable bonds is 5. The highest BCUT2D eigenvalue weighted by atomic mass is 35.5. The molecule has 1 saturated carbocycles. The lowest BCUT2D eigenvalue weighted by atomic mass is 9.78. The number of hydrogen-bond acceptors (Lipinski definition) is 2. The predicted octanol–water partition coefficient (Wildman–Crippen LogP) is 3.71. The van der Waals surface area contributed by atoms with Gasteiger partial charge >= 0.3 is 0 Å². The summed E-state index contributed by atoms with van der Waals surface area (Å²) in [7, 11) is 1.97. The number of carbonyl (C=O) groups excluding carboxylic acids is 1. The molecule has 1 N–H and O–H groups in total. The fourth-order valence-corrected chi connectivity index (χ4v) is 3.37. The van der Waals surface area contributed by atoms with Crippen LogP contribution >= 0.6 is 11.6 Å². The van der Waals surface area contributed by atoms with Crippen molar-refractivity contribution in [1.82, 2.24) is 10.2 Å². The van der Waals surface area contributed by atoms with E-state index in [2.05, 4.69) is 19.2 Å². The second-order valence-corrected chi connectivity index (χ2v) is 7.18. The number of nitrogens with one attached hydrogen (secondary N) is 1. The first-order valence-corrected chi connectivity index (χ1v) is 8.56. The topological polar surface area (TPSA) is 32.3 Å². The van der Waals surface area contributed by atoms with E-state index in [4.69, 9.17) is 11.6 Å². The van der Waals surface area contributed by atoms with Crippen molar-refractivity contribution in [3.8, 4) is 0 Å². The third-order valence-electron chi connectivity index (χ3n) is 4.83. The molecule has 122 valence electrons. The molecule has 0 heterocycles. The van der Waals surface area contributed by atoms with Crippen LogP contribution in [0.15, 0.2) is 24.3 Å². The Morgan fingerprint density at radius 2 is 1.95 bits per heavy atom. The molecular formula is C18H27ClN2O. The summed E-state index contributed by atoms with van der Waals surface area (Å²) in [6.07, 6.45) is 3.61. The molecule has 1 fully saturated rings. The van der Waals surface area contributed by atoms with E-state index in [0.717, 1.165) is 18.0 Å². The van der Waals surface area contributed by atoms with Gasteiger partial charge in [0.05, 0.1) is 6.54 Å². The molecule has 1 aromatic rings. The van der Waals surface area contributed by atoms with Gasteiger partial charge in [-0.05, 0) is 43.0 Å². The number of amides is 1. The molecule has 1 aliphatic rings. The van der Waals surface area contributed by atoms with Gasteiger partial charge in [-0.2, -0.15) is 0 Å². The average molecular weight is 323 g/mol. The van der Waals surface area contributed by atoms with Crippen molar-refractivity contribution >= 4 is 17.5 Å². The molecule has 0 bridgehead atoms. The number of hydrogen-bond donors (Lipinski definition) is 1. The van der Waals surface area contributed by atoms with Gasteiger partial charge in [0.15, 0.2) is 0 Å². The molecule has 0 aromatic heterocycles. The maximum Gasteiger partial charge on any atom is 0.234 e. The summed E-state index contributed by atoms with van der Waals surface area (Å²) in [6, 6.07) is 8.11. The van der Waals surface area contributed by atoms with Crippen molar-refractivity contribution in [3.63, 3.8) is 0 Å². The zero-order valence-electron chi connectivity index (χ0n) is 13.8. The molecule has 4 heteroatoms. The minimum absolute atomic E-state index is 0.127. The van der Waals surface area contributed by atoms with Gasteiger partial charge in [-0.15, -0.1) is 0 Å². The van der Waals surface area contributed by atoms with Crippen LogP contribution in [0.1, 0.15) is 38.7 Å². The third kappa shape index (κ3) is 4.99. The third-order valence-corrected chi connectivity index (χ3v) is 5.08. The van der Waals surface area contributed by atoms with E-state index in [1.54, 1.807) is 0 Å². The molecule has 3 nitrogen and oxygen atoms in total. The molecule has 0 unspecified atom stereocenters. The fourth-order valence-electron chi connectivity index (χ4n) is 3.24. The van der Waals surface area contributed by atoms with Gasteiger partial charge in [0, 0.05) is 17.6 Å². The van der Waals surface area contributed by atoms with Gasteiger partial charge in [-0.1, -0.05) is 50.4 Å². The van der Waals surface area contributed by atoms with Gasteiger partial charge < -0.3 is 5.32 Å². The second-order valence-electron chi connectivity index (χ2n) is 6.74. The van der Waals surface area contributed by atoms with Crippen LogP contribution < -0.4 is 5.32 Å². The largest absolute Gasteiger partial charge is 0.352 e. The molecule has 0 saturated heterocycles. The van der Waals surface area contributed by atoms with E-state index in [1.165, 1.54) is 18.4 Å². The lowest BCUT2D eigenvalue weighted by Gasteiger charge is -2.35. The summed E-state index contributed by atoms with van der Waals surface area (Å²) in [5, 5.41) is 3.96. The molecule has 1 aliphatic carbocycles. The minimum atomic E-state index is 0.127. The van der Waals surface area contributed by atoms with Crippen LogP contribution in [0, 0.1) is 11.8 Å². The second kappa shape index (κ2) is 7.98. The molecular weight excluding hydrogens is 296 g/mol. The zero-order chi connectivity index (χ0) is 16.1. The normalized spacial score (nSPS) is 25.2. The summed E-state index contributed by atoms with van der Waals surface area (Å²) in [5.74, 6) is 1.40. The summed E-state index contributed by atoms with van der Waals surface area (Å²) < 4.78 is 0. The molecule has 0 aliphatic heterocycles. The average Bonchev–Trinajstić information content (AvgIpc) is 2.46. The molecule has 3 atom stereocenters. The van der Waals surface area contributed by atoms with Crippen molar-refractivity contribution in [2.75, 3.05) is 13.6 Å². The lowest BCUT2D eigenvalue weighted by Crippen LogP contribution is -2.46. The Hall–Kier alpha value is -1.06. The Labute approximate surface area is 139 Å². The van der Waals surface area contributed by atoms with Crippen molar-refractivity contribution in [3.05, 3.63) is 34.9 Å². The Bertz CT molecular complexity index is 488. The summed E-state index contributed by atoms with van der Waals surface area (Å²) in [5.41, 5.74) is 1.17. The zero-order valence-corrected chi connectivity index (χ0v) is 14.6. The highest BCUT2D eigenvalue weighted by Gasteiger charge is 2.28. The lowest BCUT2D eigenvalue weighted by molar-refractivity contribution is -0.123. The van der Waals surface area contributed by atoms with Crippen LogP contribution in [-0.2, 0) is 11.3 Å². The Kier molecular flexibility index (Phi) is 6.27. The molecule has 1 aromatic carbocycles. The number of carbonyl (C=O) groups is 1. The predicted molar refractivity (Wildman–Crippen MR) is 91.9 cm³/mol. The summed E-state index contributed by atoms with van der Waals surface area (Å²) in [4.78, 5) is 14.3. The number of likely N-dealkylation sites (N-methyl/N-ethyl adjacent to an activating group) is 1. The van der Waals surface area contributed by atoms with Crippen LogP contribution in [0.4, 0.5) is 0 Å². The molecule has 0 spiro atoms. The van der Waals surface area contributed by atoms with Crippen molar-refractivity contribution in [2.45, 2.75) is 45.7 Å². The molecule has 1 amide bonds. The van der Waals surface area contributed by atoms with Gasteiger partial charge in [-0.25, -0.2) is 0 Å². The van der Waals surface area contributed by atoms with Crippen LogP contribution in [0.2, 0.25) is 5.02 Å². The van der Waals surface area contributed by atoms with Crippen molar-refractivity contribution in [1.29, 1.82) is 0 Å². The number of nitrogens with zero attached hydrogens (tertiary/aromatic N) is 1. The maximum absolute atomic E-state index is 12.2. The van der Waals surface area contributed by atoms with Gasteiger partial charge in [-0.3, -0.25) is 9.69 Å². The van der Waals surface area contributed by atoms with E-state index >= 15 is 0 Å². The minimum Gasteiger partial charge on any atom is -0.352 e. The monoisotopic (exact) mass is 322 g/mol. The summed E-state index contributed by atoms with van der Waals surface area (Å²) >= 11 is 5.89. The van der Waals surface area contributed by atoms with Crippen LogP contribution in [0.25, 0.3) is 0 Å². The van der Waals surface area contributed by atoms with Gasteiger partial charge in [0.1, 0.15) is 0 Å². The summed E-state index contributed by atoms with van der Waals surface area (Å²) in [6.45, 7) is 5.73. The quantitative estimate of drug-likeness (QED) is 0.896. The standard InChI is InChI=1S/C18H27ClN2O/c1-13-5-4-6-17(14(13)2)20-18(22)12-21(3)11-15-7-9-16(19)10-8-15/h7-10,13-14,17H,4-6,11-12H2,1-3H3,(H,20,22)/t13-,14+,17-/m0/s1. The van der Waals surface area contributed by atoms with Crippen LogP contribution in [0.3, 0.4) is 0 Å². The van der Waals surface area contributed by atoms with Crippen LogP contribution in [0.5, 0.6) is 0 Å². The number of benzene rings is 1. The van der Waals surface area contributed by atoms with E-state index < -0.39 is 0 Å². The van der Waals surface area contributed by atoms with E-state index in [-0.39, 0.29) is 5.91 Å². The van der Waals surface area contributed by atoms with E-state index in [9.17, 15) is 4.79 Å². The Morgan fingerprint density at radius 1 is 1.27 bits per heavy atom. The fraction of sp³-hybridized carbons (Fsp3) is 0.611. The first kappa shape index (κ1) is 17.3. The number of halogens is 1. The smallest absolute Gasteiger partial charge is 0.234 e. The van der Waals surface area contributed by atoms with Crippen molar-refractivity contribution < 1.29 is 4.79 Å². The highest BCUT2D eigenvalue weighted by Crippen LogP contribution is 2.29. The first-order chi connectivity index (χ1) is 10.5. The van der Waals surface area contributed by atoms with Gasteiger partial charge in [0.2, 0.25) is 5.91 Å². The highest BCUT2D eigenvalue weighted by molar-refractivity contribution is 6.30. The Balaban J connectivity index is 1.79. The first-order valence-electron chi connectivity index (χ1n) is 8.18. The van der Waals surface area contributed by atoms with Crippen molar-refractivity contribution in [2.24, 2.45) is 11.8 Å². The van der Waals surface area contributed by atoms with E-state index in [1.807, 2.05) is 36.2 Å². The Morgan fingerprint density at radius 3 is 2.64 bits per heavy atom.